The van der Waals surface area contributed by atoms with Crippen molar-refractivity contribution in [1.29, 1.82) is 0 Å². The Labute approximate surface area is 152 Å². The molecule has 4 N–H and O–H groups in total. The largest absolute Gasteiger partial charge is 0.387 e. The summed E-state index contributed by atoms with van der Waals surface area (Å²) in [7, 11) is 0. The molecule has 4 atom stereocenters. The van der Waals surface area contributed by atoms with E-state index in [9.17, 15) is 20.4 Å². The van der Waals surface area contributed by atoms with Crippen LogP contribution in [-0.2, 0) is 22.7 Å². The minimum Gasteiger partial charge on any atom is -0.387 e. The van der Waals surface area contributed by atoms with Crippen LogP contribution < -0.4 is 0 Å². The molecule has 2 aromatic rings. The lowest BCUT2D eigenvalue weighted by Gasteiger charge is -2.43. The van der Waals surface area contributed by atoms with Crippen molar-refractivity contribution < 1.29 is 29.9 Å². The maximum atomic E-state index is 10.3. The highest BCUT2D eigenvalue weighted by molar-refractivity contribution is 5.15. The molecule has 0 amide bonds. The quantitative estimate of drug-likeness (QED) is 0.603. The molecule has 140 valence electrons. The number of ether oxygens (including phenoxy) is 2. The van der Waals surface area contributed by atoms with Crippen LogP contribution in [0.1, 0.15) is 11.1 Å². The molecule has 2 aromatic carbocycles. The van der Waals surface area contributed by atoms with Crippen LogP contribution >= 0.6 is 0 Å². The molecule has 4 unspecified atom stereocenters. The van der Waals surface area contributed by atoms with Crippen molar-refractivity contribution in [2.75, 3.05) is 0 Å². The Balaban J connectivity index is 1.62. The molecule has 1 aliphatic carbocycles. The molecule has 1 aliphatic rings. The van der Waals surface area contributed by atoms with Crippen LogP contribution in [0.15, 0.2) is 60.7 Å². The number of hydrogen-bond donors (Lipinski definition) is 4. The first-order valence-electron chi connectivity index (χ1n) is 8.61. The van der Waals surface area contributed by atoms with Crippen molar-refractivity contribution in [2.24, 2.45) is 0 Å². The van der Waals surface area contributed by atoms with Crippen LogP contribution in [-0.4, -0.2) is 57.0 Å². The van der Waals surface area contributed by atoms with Crippen LogP contribution in [0.5, 0.6) is 0 Å². The predicted octanol–water partition coefficient (Wildman–Crippen LogP) is 0.614. The SMILES string of the molecule is OC1C(O)C(OCc2ccccc2)C(O)C(O)C1OCc1ccccc1. The molecule has 0 saturated heterocycles. The van der Waals surface area contributed by atoms with Crippen LogP contribution in [0.25, 0.3) is 0 Å². The molecule has 0 spiro atoms. The number of benzene rings is 2. The van der Waals surface area contributed by atoms with Gasteiger partial charge in [0.2, 0.25) is 0 Å². The fourth-order valence-electron chi connectivity index (χ4n) is 3.11. The predicted molar refractivity (Wildman–Crippen MR) is 94.1 cm³/mol. The van der Waals surface area contributed by atoms with E-state index in [1.807, 2.05) is 60.7 Å². The van der Waals surface area contributed by atoms with E-state index in [-0.39, 0.29) is 13.2 Å². The first kappa shape index (κ1) is 19.0. The van der Waals surface area contributed by atoms with Gasteiger partial charge in [-0.2, -0.15) is 0 Å². The van der Waals surface area contributed by atoms with Gasteiger partial charge in [-0.25, -0.2) is 0 Å². The smallest absolute Gasteiger partial charge is 0.115 e. The third-order valence-electron chi connectivity index (χ3n) is 4.62. The Morgan fingerprint density at radius 3 is 1.15 bits per heavy atom. The Morgan fingerprint density at radius 1 is 0.538 bits per heavy atom. The van der Waals surface area contributed by atoms with E-state index in [0.717, 1.165) is 11.1 Å². The lowest BCUT2D eigenvalue weighted by molar-refractivity contribution is -0.250. The van der Waals surface area contributed by atoms with Crippen molar-refractivity contribution >= 4 is 0 Å². The molecule has 1 saturated carbocycles. The van der Waals surface area contributed by atoms with E-state index in [2.05, 4.69) is 0 Å². The zero-order chi connectivity index (χ0) is 18.5. The molecular weight excluding hydrogens is 336 g/mol. The second-order valence-electron chi connectivity index (χ2n) is 6.48. The second kappa shape index (κ2) is 8.73. The number of hydrogen-bond acceptors (Lipinski definition) is 6. The van der Waals surface area contributed by atoms with Crippen molar-refractivity contribution in [3.8, 4) is 0 Å². The molecule has 6 heteroatoms. The monoisotopic (exact) mass is 360 g/mol. The third kappa shape index (κ3) is 4.29. The summed E-state index contributed by atoms with van der Waals surface area (Å²) in [4.78, 5) is 0. The van der Waals surface area contributed by atoms with Gasteiger partial charge in [-0.05, 0) is 11.1 Å². The normalized spacial score (nSPS) is 31.7. The Morgan fingerprint density at radius 2 is 0.846 bits per heavy atom. The lowest BCUT2D eigenvalue weighted by Crippen LogP contribution is -2.64. The molecule has 6 nitrogen and oxygen atoms in total. The summed E-state index contributed by atoms with van der Waals surface area (Å²) in [5.74, 6) is 0. The average molecular weight is 360 g/mol. The highest BCUT2D eigenvalue weighted by Crippen LogP contribution is 2.27. The number of aliphatic hydroxyl groups is 4. The molecule has 1 fully saturated rings. The van der Waals surface area contributed by atoms with Gasteiger partial charge in [0.05, 0.1) is 13.2 Å². The van der Waals surface area contributed by atoms with Gasteiger partial charge in [0.15, 0.2) is 0 Å². The van der Waals surface area contributed by atoms with E-state index < -0.39 is 36.6 Å². The Hall–Kier alpha value is -1.80. The number of aliphatic hydroxyl groups excluding tert-OH is 4. The van der Waals surface area contributed by atoms with Crippen LogP contribution in [0, 0.1) is 0 Å². The fraction of sp³-hybridized carbons (Fsp3) is 0.400. The zero-order valence-electron chi connectivity index (χ0n) is 14.3. The van der Waals surface area contributed by atoms with Gasteiger partial charge >= 0.3 is 0 Å². The van der Waals surface area contributed by atoms with Gasteiger partial charge in [0.25, 0.3) is 0 Å². The van der Waals surface area contributed by atoms with E-state index in [1.165, 1.54) is 0 Å². The average Bonchev–Trinajstić information content (AvgIpc) is 2.68. The molecule has 0 aromatic heterocycles. The molecule has 0 aliphatic heterocycles. The molecule has 3 rings (SSSR count). The van der Waals surface area contributed by atoms with Gasteiger partial charge in [-0.15, -0.1) is 0 Å². The molecule has 26 heavy (non-hydrogen) atoms. The highest BCUT2D eigenvalue weighted by Gasteiger charge is 2.50. The first-order valence-corrected chi connectivity index (χ1v) is 8.61. The molecular formula is C20H24O6. The van der Waals surface area contributed by atoms with Crippen LogP contribution in [0.3, 0.4) is 0 Å². The minimum absolute atomic E-state index is 0.147. The first-order chi connectivity index (χ1) is 12.6. The van der Waals surface area contributed by atoms with Crippen molar-refractivity contribution in [2.45, 2.75) is 49.8 Å². The summed E-state index contributed by atoms with van der Waals surface area (Å²) < 4.78 is 11.1. The summed E-state index contributed by atoms with van der Waals surface area (Å²) in [6.45, 7) is 0.295. The zero-order valence-corrected chi connectivity index (χ0v) is 14.3. The fourth-order valence-corrected chi connectivity index (χ4v) is 3.11. The summed E-state index contributed by atoms with van der Waals surface area (Å²) >= 11 is 0. The van der Waals surface area contributed by atoms with Gasteiger partial charge in [-0.3, -0.25) is 0 Å². The standard InChI is InChI=1S/C20H24O6/c21-15-17(23)20(26-12-14-9-5-2-6-10-14)18(24)16(22)19(15)25-11-13-7-3-1-4-8-13/h1-10,15-24H,11-12H2. The van der Waals surface area contributed by atoms with Gasteiger partial charge < -0.3 is 29.9 Å². The van der Waals surface area contributed by atoms with Gasteiger partial charge in [0.1, 0.15) is 36.6 Å². The van der Waals surface area contributed by atoms with Gasteiger partial charge in [-0.1, -0.05) is 60.7 Å². The highest BCUT2D eigenvalue weighted by atomic mass is 16.5. The van der Waals surface area contributed by atoms with E-state index in [4.69, 9.17) is 9.47 Å². The number of rotatable bonds is 6. The summed E-state index contributed by atoms with van der Waals surface area (Å²) in [6.07, 6.45) is -7.74. The maximum Gasteiger partial charge on any atom is 0.115 e. The third-order valence-corrected chi connectivity index (χ3v) is 4.62. The summed E-state index contributed by atoms with van der Waals surface area (Å²) in [5, 5.41) is 41.4. The van der Waals surface area contributed by atoms with Crippen molar-refractivity contribution in [3.63, 3.8) is 0 Å². The Kier molecular flexibility index (Phi) is 6.37. The minimum atomic E-state index is -1.38. The van der Waals surface area contributed by atoms with Crippen LogP contribution in [0.4, 0.5) is 0 Å². The van der Waals surface area contributed by atoms with Crippen molar-refractivity contribution in [1.82, 2.24) is 0 Å². The second-order valence-corrected chi connectivity index (χ2v) is 6.48. The van der Waals surface area contributed by atoms with Crippen LogP contribution in [0.2, 0.25) is 0 Å². The summed E-state index contributed by atoms with van der Waals surface area (Å²) in [5.41, 5.74) is 1.72. The van der Waals surface area contributed by atoms with Gasteiger partial charge in [0, 0.05) is 0 Å². The van der Waals surface area contributed by atoms with Crippen molar-refractivity contribution in [3.05, 3.63) is 71.8 Å². The molecule has 0 bridgehead atoms. The topological polar surface area (TPSA) is 99.4 Å². The Bertz CT molecular complexity index is 589. The molecule has 0 heterocycles. The maximum absolute atomic E-state index is 10.3. The summed E-state index contributed by atoms with van der Waals surface area (Å²) in [6, 6.07) is 18.5. The van der Waals surface area contributed by atoms with E-state index in [0.29, 0.717) is 0 Å². The van der Waals surface area contributed by atoms with E-state index >= 15 is 0 Å². The lowest BCUT2D eigenvalue weighted by atomic mass is 9.84. The molecule has 0 radical (unpaired) electrons. The van der Waals surface area contributed by atoms with E-state index in [1.54, 1.807) is 0 Å².